The molecule has 0 N–H and O–H groups in total. The molecule has 3 nitrogen and oxygen atoms in total. The number of nitrogens with zero attached hydrogens (tertiary/aromatic N) is 2. The van der Waals surface area contributed by atoms with E-state index in [2.05, 4.69) is 4.99 Å². The summed E-state index contributed by atoms with van der Waals surface area (Å²) in [6.07, 6.45) is 2.94. The van der Waals surface area contributed by atoms with Crippen molar-refractivity contribution in [2.45, 2.75) is 19.9 Å². The topological polar surface area (TPSA) is 34.4 Å². The van der Waals surface area contributed by atoms with Crippen LogP contribution in [0.3, 0.4) is 0 Å². The van der Waals surface area contributed by atoms with Crippen LogP contribution in [-0.2, 0) is 6.54 Å². The number of thiazole rings is 1. The van der Waals surface area contributed by atoms with E-state index in [1.807, 2.05) is 13.0 Å². The van der Waals surface area contributed by atoms with E-state index in [1.165, 1.54) is 11.3 Å². The number of fused-ring (bicyclic) bond motifs is 1. The number of rotatable bonds is 0. The van der Waals surface area contributed by atoms with Gasteiger partial charge >= 0.3 is 4.87 Å². The second-order valence-corrected chi connectivity index (χ2v) is 3.72. The largest absolute Gasteiger partial charge is 0.309 e. The lowest BCUT2D eigenvalue weighted by atomic mass is 10.4. The van der Waals surface area contributed by atoms with Gasteiger partial charge in [0.2, 0.25) is 0 Å². The van der Waals surface area contributed by atoms with Crippen LogP contribution in [0.1, 0.15) is 13.3 Å². The average Bonchev–Trinajstić information content (AvgIpc) is 2.44. The first-order valence-corrected chi connectivity index (χ1v) is 4.85. The molecule has 0 radical (unpaired) electrons. The average molecular weight is 182 g/mol. The van der Waals surface area contributed by atoms with Gasteiger partial charge in [-0.15, -0.1) is 0 Å². The van der Waals surface area contributed by atoms with Gasteiger partial charge in [0.25, 0.3) is 0 Å². The van der Waals surface area contributed by atoms with Crippen LogP contribution in [0.15, 0.2) is 9.79 Å². The SMILES string of the molecule is C/C=c1/sc(=O)n2c1=NCCC2. The Morgan fingerprint density at radius 2 is 2.50 bits per heavy atom. The van der Waals surface area contributed by atoms with Gasteiger partial charge in [0.05, 0.1) is 4.53 Å². The third kappa shape index (κ3) is 1.03. The fraction of sp³-hybridized carbons (Fsp3) is 0.500. The molecule has 0 saturated carbocycles. The van der Waals surface area contributed by atoms with Gasteiger partial charge in [0.1, 0.15) is 5.49 Å². The summed E-state index contributed by atoms with van der Waals surface area (Å²) in [7, 11) is 0. The van der Waals surface area contributed by atoms with Gasteiger partial charge in [0.15, 0.2) is 0 Å². The number of aromatic nitrogens is 1. The Morgan fingerprint density at radius 1 is 1.67 bits per heavy atom. The van der Waals surface area contributed by atoms with Crippen LogP contribution in [-0.4, -0.2) is 11.1 Å². The van der Waals surface area contributed by atoms with Crippen molar-refractivity contribution in [1.82, 2.24) is 4.57 Å². The van der Waals surface area contributed by atoms with Crippen molar-refractivity contribution in [3.05, 3.63) is 19.7 Å². The van der Waals surface area contributed by atoms with Gasteiger partial charge in [-0.3, -0.25) is 14.4 Å². The molecule has 4 heteroatoms. The molecule has 0 atom stereocenters. The van der Waals surface area contributed by atoms with Gasteiger partial charge in [-0.25, -0.2) is 0 Å². The van der Waals surface area contributed by atoms with Crippen molar-refractivity contribution in [3.8, 4) is 0 Å². The zero-order chi connectivity index (χ0) is 8.55. The van der Waals surface area contributed by atoms with Gasteiger partial charge in [-0.05, 0) is 13.3 Å². The van der Waals surface area contributed by atoms with E-state index in [0.717, 1.165) is 29.5 Å². The molecule has 0 aromatic carbocycles. The van der Waals surface area contributed by atoms with Crippen molar-refractivity contribution in [3.63, 3.8) is 0 Å². The lowest BCUT2D eigenvalue weighted by molar-refractivity contribution is 0.567. The Kier molecular flexibility index (Phi) is 1.84. The maximum Gasteiger partial charge on any atom is 0.309 e. The molecule has 2 rings (SSSR count). The predicted molar refractivity (Wildman–Crippen MR) is 49.0 cm³/mol. The Hall–Kier alpha value is -0.900. The normalized spacial score (nSPS) is 17.2. The Morgan fingerprint density at radius 3 is 3.25 bits per heavy atom. The summed E-state index contributed by atoms with van der Waals surface area (Å²) in [5, 5.41) is 0. The van der Waals surface area contributed by atoms with Crippen LogP contribution >= 0.6 is 11.3 Å². The summed E-state index contributed by atoms with van der Waals surface area (Å²) in [4.78, 5) is 15.8. The highest BCUT2D eigenvalue weighted by molar-refractivity contribution is 7.07. The highest BCUT2D eigenvalue weighted by Crippen LogP contribution is 1.89. The molecule has 0 bridgehead atoms. The molecular weight excluding hydrogens is 172 g/mol. The predicted octanol–water partition coefficient (Wildman–Crippen LogP) is -0.267. The smallest absolute Gasteiger partial charge is 0.283 e. The minimum absolute atomic E-state index is 0.126. The quantitative estimate of drug-likeness (QED) is 0.544. The van der Waals surface area contributed by atoms with Crippen LogP contribution < -0.4 is 14.9 Å². The highest BCUT2D eigenvalue weighted by atomic mass is 32.1. The Bertz CT molecular complexity index is 454. The van der Waals surface area contributed by atoms with Crippen molar-refractivity contribution in [2.24, 2.45) is 4.99 Å². The molecule has 0 fully saturated rings. The van der Waals surface area contributed by atoms with E-state index < -0.39 is 0 Å². The molecule has 12 heavy (non-hydrogen) atoms. The molecule has 1 aliphatic rings. The first-order valence-electron chi connectivity index (χ1n) is 4.03. The van der Waals surface area contributed by atoms with Crippen LogP contribution in [0.25, 0.3) is 6.08 Å². The van der Waals surface area contributed by atoms with Crippen LogP contribution in [0.5, 0.6) is 0 Å². The molecule has 1 aromatic rings. The monoisotopic (exact) mass is 182 g/mol. The molecular formula is C8H10N2OS. The molecule has 1 aliphatic heterocycles. The molecule has 0 amide bonds. The zero-order valence-electron chi connectivity index (χ0n) is 6.91. The maximum atomic E-state index is 11.3. The molecule has 0 saturated heterocycles. The van der Waals surface area contributed by atoms with E-state index in [4.69, 9.17) is 0 Å². The van der Waals surface area contributed by atoms with Gasteiger partial charge in [-0.2, -0.15) is 0 Å². The summed E-state index contributed by atoms with van der Waals surface area (Å²) >= 11 is 1.29. The summed E-state index contributed by atoms with van der Waals surface area (Å²) < 4.78 is 2.78. The molecule has 0 spiro atoms. The van der Waals surface area contributed by atoms with Crippen molar-refractivity contribution < 1.29 is 0 Å². The second-order valence-electron chi connectivity index (χ2n) is 2.73. The summed E-state index contributed by atoms with van der Waals surface area (Å²) in [6, 6.07) is 0. The van der Waals surface area contributed by atoms with Crippen molar-refractivity contribution in [1.29, 1.82) is 0 Å². The van der Waals surface area contributed by atoms with E-state index in [1.54, 1.807) is 4.57 Å². The molecule has 0 unspecified atom stereocenters. The zero-order valence-corrected chi connectivity index (χ0v) is 7.73. The first-order chi connectivity index (χ1) is 5.83. The fourth-order valence-corrected chi connectivity index (χ4v) is 2.24. The number of hydrogen-bond donors (Lipinski definition) is 0. The van der Waals surface area contributed by atoms with E-state index in [0.29, 0.717) is 0 Å². The third-order valence-corrected chi connectivity index (χ3v) is 2.99. The lowest BCUT2D eigenvalue weighted by Gasteiger charge is -2.04. The van der Waals surface area contributed by atoms with Gasteiger partial charge in [-0.1, -0.05) is 17.4 Å². The maximum absolute atomic E-state index is 11.3. The van der Waals surface area contributed by atoms with Crippen LogP contribution in [0.4, 0.5) is 0 Å². The summed E-state index contributed by atoms with van der Waals surface area (Å²) in [5.41, 5.74) is 0.888. The number of hydrogen-bond acceptors (Lipinski definition) is 3. The van der Waals surface area contributed by atoms with Crippen molar-refractivity contribution >= 4 is 17.4 Å². The molecule has 2 heterocycles. The first kappa shape index (κ1) is 7.73. The van der Waals surface area contributed by atoms with Crippen LogP contribution in [0, 0.1) is 0 Å². The summed E-state index contributed by atoms with van der Waals surface area (Å²) in [6.45, 7) is 3.63. The Labute approximate surface area is 73.7 Å². The van der Waals surface area contributed by atoms with Gasteiger partial charge < -0.3 is 0 Å². The minimum Gasteiger partial charge on any atom is -0.283 e. The standard InChI is InChI=1S/C8H10N2OS/c1-2-6-7-9-4-3-5-10(7)8(11)12-6/h2H,3-5H2,1H3/b6-2+. The van der Waals surface area contributed by atoms with Crippen molar-refractivity contribution in [2.75, 3.05) is 6.54 Å². The van der Waals surface area contributed by atoms with Crippen LogP contribution in [0.2, 0.25) is 0 Å². The molecule has 0 aliphatic carbocycles. The fourth-order valence-electron chi connectivity index (χ4n) is 1.38. The highest BCUT2D eigenvalue weighted by Gasteiger charge is 2.07. The minimum atomic E-state index is 0.126. The molecule has 1 aromatic heterocycles. The van der Waals surface area contributed by atoms with E-state index in [9.17, 15) is 4.79 Å². The third-order valence-electron chi connectivity index (χ3n) is 1.96. The lowest BCUT2D eigenvalue weighted by Crippen LogP contribution is -2.35. The van der Waals surface area contributed by atoms with E-state index >= 15 is 0 Å². The van der Waals surface area contributed by atoms with Gasteiger partial charge in [0, 0.05) is 13.1 Å². The second kappa shape index (κ2) is 2.86. The molecule has 64 valence electrons. The summed E-state index contributed by atoms with van der Waals surface area (Å²) in [5.74, 6) is 0. The Balaban J connectivity index is 2.91. The van der Waals surface area contributed by atoms with E-state index in [-0.39, 0.29) is 4.87 Å².